The van der Waals surface area contributed by atoms with Gasteiger partial charge in [0, 0.05) is 35.6 Å². The number of pyridine rings is 2. The number of fused-ring (bicyclic) bond motifs is 1. The van der Waals surface area contributed by atoms with E-state index < -0.39 is 5.97 Å². The summed E-state index contributed by atoms with van der Waals surface area (Å²) in [6, 6.07) is 11.0. The zero-order chi connectivity index (χ0) is 22.0. The Morgan fingerprint density at radius 3 is 2.81 bits per heavy atom. The quantitative estimate of drug-likeness (QED) is 0.629. The van der Waals surface area contributed by atoms with Crippen LogP contribution in [0.3, 0.4) is 0 Å². The third-order valence-corrected chi connectivity index (χ3v) is 5.72. The Hall–Kier alpha value is -3.48. The second kappa shape index (κ2) is 8.71. The molecule has 2 aromatic heterocycles. The molecule has 0 saturated carbocycles. The molecule has 1 aliphatic rings. The Morgan fingerprint density at radius 2 is 2.03 bits per heavy atom. The van der Waals surface area contributed by atoms with Crippen LogP contribution in [-0.4, -0.2) is 46.4 Å². The second-order valence-corrected chi connectivity index (χ2v) is 7.91. The number of carbonyl (C=O) groups excluding carboxylic acids is 2. The summed E-state index contributed by atoms with van der Waals surface area (Å²) < 4.78 is 4.83. The first kappa shape index (κ1) is 20.8. The maximum absolute atomic E-state index is 13.5. The van der Waals surface area contributed by atoms with Crippen molar-refractivity contribution in [2.45, 2.75) is 39.2 Å². The van der Waals surface area contributed by atoms with Gasteiger partial charge in [-0.15, -0.1) is 0 Å². The molecule has 0 spiro atoms. The van der Waals surface area contributed by atoms with Crippen LogP contribution in [0.5, 0.6) is 0 Å². The summed E-state index contributed by atoms with van der Waals surface area (Å²) in [5.74, 6) is -0.465. The summed E-state index contributed by atoms with van der Waals surface area (Å²) in [6.07, 6.45) is 4.74. The topological polar surface area (TPSA) is 84.4 Å². The van der Waals surface area contributed by atoms with E-state index in [0.29, 0.717) is 28.1 Å². The highest BCUT2D eigenvalue weighted by Gasteiger charge is 2.27. The number of nitrogens with zero attached hydrogens (tertiary/aromatic N) is 3. The Kier molecular flexibility index (Phi) is 5.84. The fourth-order valence-corrected chi connectivity index (χ4v) is 4.01. The molecule has 1 fully saturated rings. The predicted octanol–water partition coefficient (Wildman–Crippen LogP) is 4.48. The molecule has 0 bridgehead atoms. The number of aryl methyl sites for hydroxylation is 1. The maximum Gasteiger partial charge on any atom is 0.337 e. The molecular weight excluding hydrogens is 392 g/mol. The Labute approximate surface area is 181 Å². The van der Waals surface area contributed by atoms with E-state index in [-0.39, 0.29) is 11.9 Å². The summed E-state index contributed by atoms with van der Waals surface area (Å²) in [5.41, 5.74) is 3.66. The number of ether oxygens (including phenoxy) is 1. The van der Waals surface area contributed by atoms with Crippen molar-refractivity contribution in [3.05, 3.63) is 59.4 Å². The summed E-state index contributed by atoms with van der Waals surface area (Å²) >= 11 is 0. The molecule has 31 heavy (non-hydrogen) atoms. The third-order valence-electron chi connectivity index (χ3n) is 5.72. The van der Waals surface area contributed by atoms with Crippen molar-refractivity contribution < 1.29 is 14.3 Å². The van der Waals surface area contributed by atoms with E-state index in [1.54, 1.807) is 24.4 Å². The van der Waals surface area contributed by atoms with Crippen LogP contribution in [0, 0.1) is 6.92 Å². The highest BCUT2D eigenvalue weighted by molar-refractivity contribution is 6.07. The van der Waals surface area contributed by atoms with E-state index in [4.69, 9.17) is 4.74 Å². The number of rotatable bonds is 4. The summed E-state index contributed by atoms with van der Waals surface area (Å²) in [5, 5.41) is 4.11. The molecular formula is C24H26N4O3. The van der Waals surface area contributed by atoms with Crippen molar-refractivity contribution in [2.24, 2.45) is 0 Å². The van der Waals surface area contributed by atoms with Gasteiger partial charge < -0.3 is 15.0 Å². The minimum Gasteiger partial charge on any atom is -0.465 e. The monoisotopic (exact) mass is 418 g/mol. The number of likely N-dealkylation sites (tertiary alicyclic amines) is 1. The zero-order valence-corrected chi connectivity index (χ0v) is 18.0. The van der Waals surface area contributed by atoms with Gasteiger partial charge in [0.25, 0.3) is 5.91 Å². The average Bonchev–Trinajstić information content (AvgIpc) is 2.78. The third kappa shape index (κ3) is 4.21. The van der Waals surface area contributed by atoms with Gasteiger partial charge in [-0.05, 0) is 63.4 Å². The highest BCUT2D eigenvalue weighted by Crippen LogP contribution is 2.31. The SMILES string of the molecule is COC(=O)c1cccc(Nc2c(C(=O)N3CCCC[C@@H]3C)cnc3nc(C)ccc23)c1. The van der Waals surface area contributed by atoms with Gasteiger partial charge in [-0.2, -0.15) is 0 Å². The van der Waals surface area contributed by atoms with Crippen LogP contribution in [0.4, 0.5) is 11.4 Å². The predicted molar refractivity (Wildman–Crippen MR) is 120 cm³/mol. The van der Waals surface area contributed by atoms with Gasteiger partial charge in [0.2, 0.25) is 0 Å². The summed E-state index contributed by atoms with van der Waals surface area (Å²) in [7, 11) is 1.35. The Bertz CT molecular complexity index is 1140. The molecule has 7 heteroatoms. The highest BCUT2D eigenvalue weighted by atomic mass is 16.5. The van der Waals surface area contributed by atoms with Crippen LogP contribution < -0.4 is 5.32 Å². The molecule has 1 saturated heterocycles. The molecule has 0 aliphatic carbocycles. The fourth-order valence-electron chi connectivity index (χ4n) is 4.01. The van der Waals surface area contributed by atoms with Gasteiger partial charge in [0.15, 0.2) is 5.65 Å². The molecule has 1 aromatic carbocycles. The van der Waals surface area contributed by atoms with E-state index in [1.165, 1.54) is 7.11 Å². The fraction of sp³-hybridized carbons (Fsp3) is 0.333. The number of esters is 1. The molecule has 3 heterocycles. The molecule has 160 valence electrons. The lowest BCUT2D eigenvalue weighted by molar-refractivity contribution is 0.0599. The number of anilines is 2. The van der Waals surface area contributed by atoms with Gasteiger partial charge in [-0.1, -0.05) is 6.07 Å². The van der Waals surface area contributed by atoms with Gasteiger partial charge in [0.05, 0.1) is 23.9 Å². The van der Waals surface area contributed by atoms with E-state index >= 15 is 0 Å². The molecule has 1 aliphatic heterocycles. The number of nitrogens with one attached hydrogen (secondary N) is 1. The van der Waals surface area contributed by atoms with E-state index in [2.05, 4.69) is 22.2 Å². The van der Waals surface area contributed by atoms with Crippen molar-refractivity contribution >= 4 is 34.3 Å². The zero-order valence-electron chi connectivity index (χ0n) is 18.0. The van der Waals surface area contributed by atoms with Crippen LogP contribution >= 0.6 is 0 Å². The van der Waals surface area contributed by atoms with Crippen LogP contribution in [0.2, 0.25) is 0 Å². The number of hydrogen-bond donors (Lipinski definition) is 1. The van der Waals surface area contributed by atoms with Crippen LogP contribution in [0.1, 0.15) is 52.6 Å². The Morgan fingerprint density at radius 1 is 1.19 bits per heavy atom. The number of amides is 1. The van der Waals surface area contributed by atoms with Crippen LogP contribution in [0.25, 0.3) is 11.0 Å². The van der Waals surface area contributed by atoms with E-state index in [9.17, 15) is 9.59 Å². The van der Waals surface area contributed by atoms with Crippen molar-refractivity contribution in [1.29, 1.82) is 0 Å². The molecule has 1 atom stereocenters. The van der Waals surface area contributed by atoms with Gasteiger partial charge in [-0.25, -0.2) is 14.8 Å². The van der Waals surface area contributed by atoms with Crippen molar-refractivity contribution in [3.8, 4) is 0 Å². The second-order valence-electron chi connectivity index (χ2n) is 7.91. The molecule has 1 N–H and O–H groups in total. The molecule has 7 nitrogen and oxygen atoms in total. The standard InChI is InChI=1S/C24H26N4O3/c1-15-10-11-19-21(27-18-9-6-8-17(13-18)24(30)31-3)20(14-25-22(19)26-15)23(29)28-12-5-4-7-16(28)2/h6,8-11,13-14,16H,4-5,7,12H2,1-3H3,(H,25,26,27)/t16-/m0/s1. The average molecular weight is 418 g/mol. The minimum absolute atomic E-state index is 0.0474. The lowest BCUT2D eigenvalue weighted by Gasteiger charge is -2.34. The van der Waals surface area contributed by atoms with E-state index in [1.807, 2.05) is 30.0 Å². The number of carbonyl (C=O) groups is 2. The molecule has 4 rings (SSSR count). The lowest BCUT2D eigenvalue weighted by atomic mass is 10.0. The number of aromatic nitrogens is 2. The van der Waals surface area contributed by atoms with E-state index in [0.717, 1.165) is 36.9 Å². The molecule has 0 unspecified atom stereocenters. The number of benzene rings is 1. The van der Waals surface area contributed by atoms with Crippen LogP contribution in [-0.2, 0) is 4.74 Å². The first-order chi connectivity index (χ1) is 15.0. The van der Waals surface area contributed by atoms with Gasteiger partial charge in [0.1, 0.15) is 0 Å². The molecule has 1 amide bonds. The molecule has 3 aromatic rings. The van der Waals surface area contributed by atoms with Crippen molar-refractivity contribution in [3.63, 3.8) is 0 Å². The summed E-state index contributed by atoms with van der Waals surface area (Å²) in [4.78, 5) is 36.4. The lowest BCUT2D eigenvalue weighted by Crippen LogP contribution is -2.42. The maximum atomic E-state index is 13.5. The first-order valence-electron chi connectivity index (χ1n) is 10.5. The van der Waals surface area contributed by atoms with Gasteiger partial charge >= 0.3 is 5.97 Å². The normalized spacial score (nSPS) is 16.2. The number of hydrogen-bond acceptors (Lipinski definition) is 6. The largest absolute Gasteiger partial charge is 0.465 e. The van der Waals surface area contributed by atoms with Crippen LogP contribution in [0.15, 0.2) is 42.6 Å². The Balaban J connectivity index is 1.80. The van der Waals surface area contributed by atoms with Crippen molar-refractivity contribution in [1.82, 2.24) is 14.9 Å². The summed E-state index contributed by atoms with van der Waals surface area (Å²) in [6.45, 7) is 4.73. The minimum atomic E-state index is -0.418. The smallest absolute Gasteiger partial charge is 0.337 e. The first-order valence-corrected chi connectivity index (χ1v) is 10.5. The van der Waals surface area contributed by atoms with Crippen molar-refractivity contribution in [2.75, 3.05) is 19.0 Å². The number of piperidine rings is 1. The van der Waals surface area contributed by atoms with Gasteiger partial charge in [-0.3, -0.25) is 4.79 Å². The molecule has 0 radical (unpaired) electrons. The number of methoxy groups -OCH3 is 1.